The number of hydrogen-bond donors (Lipinski definition) is 1. The van der Waals surface area contributed by atoms with Crippen molar-refractivity contribution in [2.45, 2.75) is 64.0 Å². The molecule has 2 aromatic rings. The van der Waals surface area contributed by atoms with Crippen LogP contribution in [-0.4, -0.2) is 32.7 Å². The van der Waals surface area contributed by atoms with Crippen LogP contribution in [0.4, 0.5) is 5.69 Å². The fraction of sp³-hybridized carbons (Fsp3) is 0.458. The van der Waals surface area contributed by atoms with E-state index in [-0.39, 0.29) is 11.9 Å². The van der Waals surface area contributed by atoms with Crippen LogP contribution in [-0.2, 0) is 14.8 Å². The normalized spacial score (nSPS) is 16.6. The van der Waals surface area contributed by atoms with Crippen LogP contribution in [0.2, 0.25) is 0 Å². The molecule has 0 spiro atoms. The molecule has 0 saturated heterocycles. The molecule has 1 saturated carbocycles. The summed E-state index contributed by atoms with van der Waals surface area (Å²) in [5, 5.41) is 3.08. The smallest absolute Gasteiger partial charge is 0.243 e. The number of ether oxygens (including phenoxy) is 1. The van der Waals surface area contributed by atoms with E-state index in [1.54, 1.807) is 31.2 Å². The summed E-state index contributed by atoms with van der Waals surface area (Å²) >= 11 is 0. The molecule has 31 heavy (non-hydrogen) atoms. The molecule has 0 bridgehead atoms. The number of benzene rings is 2. The van der Waals surface area contributed by atoms with E-state index < -0.39 is 16.1 Å². The molecule has 0 heterocycles. The number of nitrogens with zero attached hydrogens (tertiary/aromatic N) is 1. The summed E-state index contributed by atoms with van der Waals surface area (Å²) in [6.07, 6.45) is 8.84. The molecule has 0 unspecified atom stereocenters. The first-order chi connectivity index (χ1) is 14.8. The first-order valence-corrected chi connectivity index (χ1v) is 12.8. The Labute approximate surface area is 185 Å². The third-order valence-electron chi connectivity index (χ3n) is 5.61. The van der Waals surface area contributed by atoms with Crippen molar-refractivity contribution in [2.75, 3.05) is 10.6 Å². The summed E-state index contributed by atoms with van der Waals surface area (Å²) < 4.78 is 32.1. The molecule has 1 amide bonds. The zero-order valence-corrected chi connectivity index (χ0v) is 19.1. The Balaban J connectivity index is 1.72. The fourth-order valence-electron chi connectivity index (χ4n) is 4.02. The number of para-hydroxylation sites is 1. The van der Waals surface area contributed by atoms with Crippen molar-refractivity contribution < 1.29 is 17.9 Å². The number of nitrogens with one attached hydrogen (secondary N) is 1. The molecule has 1 N–H and O–H groups in total. The minimum absolute atomic E-state index is 0.110. The quantitative estimate of drug-likeness (QED) is 0.662. The number of hydrogen-bond acceptors (Lipinski definition) is 4. The maximum Gasteiger partial charge on any atom is 0.243 e. The first-order valence-electron chi connectivity index (χ1n) is 11.0. The molecule has 1 aliphatic rings. The van der Waals surface area contributed by atoms with Crippen LogP contribution >= 0.6 is 0 Å². The SMILES string of the molecule is C[C@H](C(=O)NC1CCCCCCC1)N(c1ccc(Oc2ccccc2)cc1)S(C)(=O)=O. The highest BCUT2D eigenvalue weighted by Gasteiger charge is 2.30. The lowest BCUT2D eigenvalue weighted by Gasteiger charge is -2.30. The molecule has 168 valence electrons. The highest BCUT2D eigenvalue weighted by atomic mass is 32.2. The fourth-order valence-corrected chi connectivity index (χ4v) is 5.19. The second-order valence-corrected chi connectivity index (χ2v) is 10.1. The van der Waals surface area contributed by atoms with E-state index in [1.165, 1.54) is 23.6 Å². The summed E-state index contributed by atoms with van der Waals surface area (Å²) in [6.45, 7) is 1.63. The van der Waals surface area contributed by atoms with Crippen LogP contribution in [0.5, 0.6) is 11.5 Å². The predicted octanol–water partition coefficient (Wildman–Crippen LogP) is 4.86. The Kier molecular flexibility index (Phi) is 7.96. The number of sulfonamides is 1. The highest BCUT2D eigenvalue weighted by Crippen LogP contribution is 2.27. The Morgan fingerprint density at radius 1 is 0.935 bits per heavy atom. The van der Waals surface area contributed by atoms with Gasteiger partial charge in [-0.2, -0.15) is 0 Å². The number of amides is 1. The van der Waals surface area contributed by atoms with Crippen molar-refractivity contribution in [1.82, 2.24) is 5.32 Å². The third-order valence-corrected chi connectivity index (χ3v) is 6.85. The number of rotatable bonds is 7. The third kappa shape index (κ3) is 6.72. The van der Waals surface area contributed by atoms with Crippen LogP contribution in [0.15, 0.2) is 54.6 Å². The van der Waals surface area contributed by atoms with Crippen LogP contribution in [0.1, 0.15) is 51.9 Å². The van der Waals surface area contributed by atoms with Gasteiger partial charge in [0, 0.05) is 6.04 Å². The minimum Gasteiger partial charge on any atom is -0.457 e. The number of carbonyl (C=O) groups excluding carboxylic acids is 1. The van der Waals surface area contributed by atoms with Crippen LogP contribution in [0, 0.1) is 0 Å². The highest BCUT2D eigenvalue weighted by molar-refractivity contribution is 7.92. The average Bonchev–Trinajstić information content (AvgIpc) is 2.71. The van der Waals surface area contributed by atoms with Crippen LogP contribution < -0.4 is 14.4 Å². The minimum atomic E-state index is -3.66. The monoisotopic (exact) mass is 444 g/mol. The summed E-state index contributed by atoms with van der Waals surface area (Å²) in [5.74, 6) is 1.03. The molecule has 1 fully saturated rings. The second kappa shape index (κ2) is 10.7. The topological polar surface area (TPSA) is 75.7 Å². The van der Waals surface area contributed by atoms with Gasteiger partial charge >= 0.3 is 0 Å². The van der Waals surface area contributed by atoms with Gasteiger partial charge in [-0.1, -0.05) is 50.3 Å². The van der Waals surface area contributed by atoms with Crippen LogP contribution in [0.3, 0.4) is 0 Å². The molecule has 6 nitrogen and oxygen atoms in total. The van der Waals surface area contributed by atoms with Gasteiger partial charge in [0.25, 0.3) is 0 Å². The van der Waals surface area contributed by atoms with Crippen molar-refractivity contribution in [3.8, 4) is 11.5 Å². The Bertz CT molecular complexity index is 937. The molecule has 1 aliphatic carbocycles. The van der Waals surface area contributed by atoms with Crippen molar-refractivity contribution in [2.24, 2.45) is 0 Å². The number of anilines is 1. The summed E-state index contributed by atoms with van der Waals surface area (Å²) in [7, 11) is -3.66. The molecular formula is C24H32N2O4S. The zero-order valence-electron chi connectivity index (χ0n) is 18.3. The molecular weight excluding hydrogens is 412 g/mol. The van der Waals surface area contributed by atoms with E-state index >= 15 is 0 Å². The maximum atomic E-state index is 12.9. The van der Waals surface area contributed by atoms with Gasteiger partial charge in [0.15, 0.2) is 0 Å². The lowest BCUT2D eigenvalue weighted by Crippen LogP contribution is -2.50. The van der Waals surface area contributed by atoms with Crippen molar-refractivity contribution >= 4 is 21.6 Å². The van der Waals surface area contributed by atoms with Gasteiger partial charge in [-0.05, 0) is 56.2 Å². The average molecular weight is 445 g/mol. The van der Waals surface area contributed by atoms with E-state index in [1.807, 2.05) is 30.3 Å². The molecule has 0 radical (unpaired) electrons. The van der Waals surface area contributed by atoms with Crippen LogP contribution in [0.25, 0.3) is 0 Å². The van der Waals surface area contributed by atoms with Gasteiger partial charge in [-0.15, -0.1) is 0 Å². The molecule has 7 heteroatoms. The Morgan fingerprint density at radius 3 is 2.06 bits per heavy atom. The maximum absolute atomic E-state index is 12.9. The molecule has 1 atom stereocenters. The van der Waals surface area contributed by atoms with Gasteiger partial charge in [0.1, 0.15) is 17.5 Å². The van der Waals surface area contributed by atoms with Crippen molar-refractivity contribution in [3.63, 3.8) is 0 Å². The second-order valence-electron chi connectivity index (χ2n) is 8.19. The van der Waals surface area contributed by atoms with Crippen molar-refractivity contribution in [3.05, 3.63) is 54.6 Å². The van der Waals surface area contributed by atoms with E-state index in [0.29, 0.717) is 17.2 Å². The first kappa shape index (κ1) is 23.1. The number of carbonyl (C=O) groups is 1. The Morgan fingerprint density at radius 2 is 1.48 bits per heavy atom. The van der Waals surface area contributed by atoms with E-state index in [9.17, 15) is 13.2 Å². The zero-order chi connectivity index (χ0) is 22.3. The predicted molar refractivity (Wildman–Crippen MR) is 124 cm³/mol. The molecule has 3 rings (SSSR count). The molecule has 0 aromatic heterocycles. The van der Waals surface area contributed by atoms with Gasteiger partial charge < -0.3 is 10.1 Å². The van der Waals surface area contributed by atoms with E-state index in [4.69, 9.17) is 4.74 Å². The van der Waals surface area contributed by atoms with Gasteiger partial charge in [0.2, 0.25) is 15.9 Å². The largest absolute Gasteiger partial charge is 0.457 e. The summed E-state index contributed by atoms with van der Waals surface area (Å²) in [4.78, 5) is 12.9. The van der Waals surface area contributed by atoms with E-state index in [0.717, 1.165) is 31.9 Å². The van der Waals surface area contributed by atoms with Gasteiger partial charge in [-0.3, -0.25) is 9.10 Å². The Hall–Kier alpha value is -2.54. The molecule has 0 aliphatic heterocycles. The lowest BCUT2D eigenvalue weighted by molar-refractivity contribution is -0.122. The summed E-state index contributed by atoms with van der Waals surface area (Å²) in [5.41, 5.74) is 0.434. The molecule has 2 aromatic carbocycles. The summed E-state index contributed by atoms with van der Waals surface area (Å²) in [6, 6.07) is 15.4. The lowest BCUT2D eigenvalue weighted by atomic mass is 9.96. The standard InChI is InChI=1S/C24H32N2O4S/c1-19(24(27)25-20-11-7-4-3-5-8-12-20)26(31(2,28)29)21-15-17-23(18-16-21)30-22-13-9-6-10-14-22/h6,9-10,13-20H,3-5,7-8,11-12H2,1-2H3,(H,25,27)/t19-/m1/s1. The van der Waals surface area contributed by atoms with Gasteiger partial charge in [0.05, 0.1) is 11.9 Å². The van der Waals surface area contributed by atoms with Crippen molar-refractivity contribution in [1.29, 1.82) is 0 Å². The van der Waals surface area contributed by atoms with Gasteiger partial charge in [-0.25, -0.2) is 8.42 Å². The van der Waals surface area contributed by atoms with E-state index in [2.05, 4.69) is 5.32 Å².